The number of carbonyl (C=O) groups is 2. The molecule has 0 aliphatic carbocycles. The van der Waals surface area contributed by atoms with Gasteiger partial charge >= 0.3 is 12.4 Å². The number of rotatable bonds is 5. The van der Waals surface area contributed by atoms with Crippen LogP contribution in [0, 0.1) is 0 Å². The fourth-order valence-corrected chi connectivity index (χ4v) is 4.48. The minimum Gasteiger partial charge on any atom is -0.372 e. The Bertz CT molecular complexity index is 1390. The van der Waals surface area contributed by atoms with Crippen molar-refractivity contribution in [3.8, 4) is 11.4 Å². The Kier molecular flexibility index (Phi) is 8.34. The number of ether oxygens (including phenoxy) is 1. The van der Waals surface area contributed by atoms with E-state index in [1.165, 1.54) is 31.6 Å². The van der Waals surface area contributed by atoms with Crippen LogP contribution in [-0.2, 0) is 17.1 Å². The van der Waals surface area contributed by atoms with E-state index in [1.807, 2.05) is 13.8 Å². The fourth-order valence-electron chi connectivity index (χ4n) is 4.48. The highest BCUT2D eigenvalue weighted by Gasteiger charge is 2.37. The van der Waals surface area contributed by atoms with Crippen LogP contribution < -0.4 is 5.32 Å². The maximum atomic E-state index is 13.2. The van der Waals surface area contributed by atoms with Gasteiger partial charge in [0.2, 0.25) is 0 Å². The summed E-state index contributed by atoms with van der Waals surface area (Å²) < 4.78 is 85.1. The zero-order valence-corrected chi connectivity index (χ0v) is 22.0. The topological polar surface area (TPSA) is 97.3 Å². The van der Waals surface area contributed by atoms with Crippen LogP contribution in [0.15, 0.2) is 48.9 Å². The van der Waals surface area contributed by atoms with E-state index < -0.39 is 41.0 Å². The van der Waals surface area contributed by atoms with Crippen LogP contribution in [0.4, 0.5) is 26.3 Å². The molecule has 2 aromatic heterocycles. The van der Waals surface area contributed by atoms with E-state index >= 15 is 0 Å². The molecule has 3 atom stereocenters. The van der Waals surface area contributed by atoms with Crippen molar-refractivity contribution >= 4 is 11.8 Å². The number of aromatic nitrogens is 3. The molecule has 0 radical (unpaired) electrons. The SMILES string of the molecule is CC(NC(=O)c1cc(C(F)(F)F)cc(C(F)(F)F)c1)c1nccnc1-c1ccc(C(=O)N2C[C@@H](C)O[C@@H](C)C2)cn1. The first-order valence-electron chi connectivity index (χ1n) is 12.5. The molecule has 4 rings (SSSR count). The molecule has 1 aliphatic rings. The van der Waals surface area contributed by atoms with Crippen LogP contribution in [-0.4, -0.2) is 57.0 Å². The predicted molar refractivity (Wildman–Crippen MR) is 134 cm³/mol. The summed E-state index contributed by atoms with van der Waals surface area (Å²) in [4.78, 5) is 40.2. The maximum Gasteiger partial charge on any atom is 0.416 e. The average molecular weight is 582 g/mol. The van der Waals surface area contributed by atoms with Gasteiger partial charge in [0.1, 0.15) is 5.69 Å². The van der Waals surface area contributed by atoms with Crippen LogP contribution in [0.3, 0.4) is 0 Å². The lowest BCUT2D eigenvalue weighted by atomic mass is 10.0. The Hall–Kier alpha value is -4.07. The summed E-state index contributed by atoms with van der Waals surface area (Å²) in [5.41, 5.74) is -3.06. The fraction of sp³-hybridized carbons (Fsp3) is 0.370. The van der Waals surface area contributed by atoms with Crippen LogP contribution in [0.5, 0.6) is 0 Å². The van der Waals surface area contributed by atoms with E-state index in [0.717, 1.165) is 0 Å². The van der Waals surface area contributed by atoms with Crippen molar-refractivity contribution in [3.05, 3.63) is 76.9 Å². The van der Waals surface area contributed by atoms with E-state index in [1.54, 1.807) is 11.0 Å². The highest BCUT2D eigenvalue weighted by Crippen LogP contribution is 2.36. The number of amides is 2. The van der Waals surface area contributed by atoms with Crippen LogP contribution in [0.1, 0.15) is 64.3 Å². The minimum absolute atomic E-state index is 0.0543. The van der Waals surface area contributed by atoms with E-state index in [2.05, 4.69) is 20.3 Å². The quantitative estimate of drug-likeness (QED) is 0.410. The summed E-state index contributed by atoms with van der Waals surface area (Å²) in [6.45, 7) is 6.03. The molecule has 218 valence electrons. The number of benzene rings is 1. The zero-order chi connectivity index (χ0) is 30.1. The molecule has 0 spiro atoms. The van der Waals surface area contributed by atoms with Gasteiger partial charge in [-0.3, -0.25) is 24.5 Å². The maximum absolute atomic E-state index is 13.2. The van der Waals surface area contributed by atoms with Crippen molar-refractivity contribution in [2.75, 3.05) is 13.1 Å². The van der Waals surface area contributed by atoms with Crippen LogP contribution in [0.25, 0.3) is 11.4 Å². The number of nitrogens with zero attached hydrogens (tertiary/aromatic N) is 4. The van der Waals surface area contributed by atoms with Gasteiger partial charge in [-0.1, -0.05) is 0 Å². The third-order valence-electron chi connectivity index (χ3n) is 6.29. The van der Waals surface area contributed by atoms with E-state index in [9.17, 15) is 35.9 Å². The first kappa shape index (κ1) is 29.9. The van der Waals surface area contributed by atoms with Gasteiger partial charge in [0.15, 0.2) is 0 Å². The summed E-state index contributed by atoms with van der Waals surface area (Å²) >= 11 is 0. The van der Waals surface area contributed by atoms with Crippen molar-refractivity contribution in [1.29, 1.82) is 0 Å². The Morgan fingerprint density at radius 2 is 1.49 bits per heavy atom. The number of carbonyl (C=O) groups excluding carboxylic acids is 2. The molecule has 3 aromatic rings. The second kappa shape index (κ2) is 11.4. The molecule has 41 heavy (non-hydrogen) atoms. The molecule has 0 saturated carbocycles. The molecule has 1 fully saturated rings. The molecule has 3 heterocycles. The average Bonchev–Trinajstić information content (AvgIpc) is 2.91. The molecule has 1 unspecified atom stereocenters. The van der Waals surface area contributed by atoms with E-state index in [4.69, 9.17) is 4.74 Å². The summed E-state index contributed by atoms with van der Waals surface area (Å²) in [5, 5.41) is 2.38. The number of alkyl halides is 6. The van der Waals surface area contributed by atoms with Crippen molar-refractivity contribution in [3.63, 3.8) is 0 Å². The Labute approximate surface area is 230 Å². The third kappa shape index (κ3) is 6.99. The number of morpholine rings is 1. The van der Waals surface area contributed by atoms with Gasteiger partial charge in [0, 0.05) is 37.2 Å². The molecular weight excluding hydrogens is 556 g/mol. The second-order valence-corrected chi connectivity index (χ2v) is 9.68. The van der Waals surface area contributed by atoms with Crippen LogP contribution in [0.2, 0.25) is 0 Å². The van der Waals surface area contributed by atoms with Gasteiger partial charge in [-0.15, -0.1) is 0 Å². The number of pyridine rings is 1. The van der Waals surface area contributed by atoms with Crippen molar-refractivity contribution in [1.82, 2.24) is 25.2 Å². The van der Waals surface area contributed by atoms with Crippen molar-refractivity contribution < 1.29 is 40.7 Å². The van der Waals surface area contributed by atoms with Gasteiger partial charge in [0.05, 0.1) is 46.3 Å². The Morgan fingerprint density at radius 1 is 0.902 bits per heavy atom. The lowest BCUT2D eigenvalue weighted by Gasteiger charge is -2.35. The molecule has 14 heteroatoms. The van der Waals surface area contributed by atoms with Gasteiger partial charge < -0.3 is 15.0 Å². The molecule has 1 aromatic carbocycles. The second-order valence-electron chi connectivity index (χ2n) is 9.68. The predicted octanol–water partition coefficient (Wildman–Crippen LogP) is 5.32. The normalized spacial score (nSPS) is 18.6. The molecule has 0 bridgehead atoms. The summed E-state index contributed by atoms with van der Waals surface area (Å²) in [6, 6.07) is 2.74. The monoisotopic (exact) mass is 581 g/mol. The third-order valence-corrected chi connectivity index (χ3v) is 6.29. The highest BCUT2D eigenvalue weighted by molar-refractivity contribution is 5.95. The number of halogens is 6. The first-order valence-corrected chi connectivity index (χ1v) is 12.5. The van der Waals surface area contributed by atoms with Gasteiger partial charge in [0.25, 0.3) is 11.8 Å². The molecule has 2 amide bonds. The molecule has 1 aliphatic heterocycles. The van der Waals surface area contributed by atoms with Gasteiger partial charge in [-0.05, 0) is 51.1 Å². The minimum atomic E-state index is -5.10. The Morgan fingerprint density at radius 3 is 2.02 bits per heavy atom. The number of hydrogen-bond acceptors (Lipinski definition) is 6. The summed E-state index contributed by atoms with van der Waals surface area (Å²) in [7, 11) is 0. The van der Waals surface area contributed by atoms with Gasteiger partial charge in [-0.25, -0.2) is 0 Å². The highest BCUT2D eigenvalue weighted by atomic mass is 19.4. The lowest BCUT2D eigenvalue weighted by Crippen LogP contribution is -2.48. The first-order chi connectivity index (χ1) is 19.1. The molecule has 1 saturated heterocycles. The number of hydrogen-bond donors (Lipinski definition) is 1. The smallest absolute Gasteiger partial charge is 0.372 e. The van der Waals surface area contributed by atoms with E-state index in [0.29, 0.717) is 30.8 Å². The largest absolute Gasteiger partial charge is 0.416 e. The Balaban J connectivity index is 1.56. The lowest BCUT2D eigenvalue weighted by molar-refractivity contribution is -0.143. The van der Waals surface area contributed by atoms with Crippen molar-refractivity contribution in [2.24, 2.45) is 0 Å². The number of nitrogens with one attached hydrogen (secondary N) is 1. The molecule has 1 N–H and O–H groups in total. The van der Waals surface area contributed by atoms with Crippen molar-refractivity contribution in [2.45, 2.75) is 51.4 Å². The molecule has 8 nitrogen and oxygen atoms in total. The standard InChI is InChI=1S/C27H25F6N5O3/c1-14-12-38(13-15(2)41-14)25(40)17-4-5-21(36-11-17)23-22(34-6-7-35-23)16(3)37-24(39)18-8-19(26(28,29)30)10-20(9-18)27(31,32)33/h4-11,14-16H,12-13H2,1-3H3,(H,37,39)/t14-,15+,16?. The molecular formula is C27H25F6N5O3. The van der Waals surface area contributed by atoms with Gasteiger partial charge in [-0.2, -0.15) is 26.3 Å². The van der Waals surface area contributed by atoms with Crippen LogP contribution >= 0.6 is 0 Å². The summed E-state index contributed by atoms with van der Waals surface area (Å²) in [5.74, 6) is -1.40. The van der Waals surface area contributed by atoms with E-state index in [-0.39, 0.29) is 41.3 Å². The zero-order valence-electron chi connectivity index (χ0n) is 22.0. The summed E-state index contributed by atoms with van der Waals surface area (Å²) in [6.07, 6.45) is -6.41.